The third-order valence-corrected chi connectivity index (χ3v) is 2.95. The van der Waals surface area contributed by atoms with Crippen molar-refractivity contribution in [3.63, 3.8) is 0 Å². The van der Waals surface area contributed by atoms with Crippen LogP contribution < -0.4 is 11.1 Å². The van der Waals surface area contributed by atoms with Crippen LogP contribution in [0.15, 0.2) is 0 Å². The number of nitrogens with one attached hydrogen (secondary N) is 1. The normalized spacial score (nSPS) is 20.0. The first-order valence-electron chi connectivity index (χ1n) is 6.08. The summed E-state index contributed by atoms with van der Waals surface area (Å²) in [6.07, 6.45) is 3.06. The summed E-state index contributed by atoms with van der Waals surface area (Å²) >= 11 is 0. The average molecular weight is 257 g/mol. The average Bonchev–Trinajstić information content (AvgIpc) is 2.53. The number of urea groups is 1. The highest BCUT2D eigenvalue weighted by Gasteiger charge is 2.30. The van der Waals surface area contributed by atoms with Crippen molar-refractivity contribution in [2.45, 2.75) is 38.1 Å². The van der Waals surface area contributed by atoms with E-state index in [9.17, 15) is 14.4 Å². The molecule has 0 aromatic carbocycles. The van der Waals surface area contributed by atoms with Gasteiger partial charge in [0.1, 0.15) is 6.04 Å². The van der Waals surface area contributed by atoms with Gasteiger partial charge in [-0.25, -0.2) is 9.59 Å². The van der Waals surface area contributed by atoms with Crippen molar-refractivity contribution in [3.8, 4) is 0 Å². The second-order valence-electron chi connectivity index (χ2n) is 4.35. The van der Waals surface area contributed by atoms with Crippen LogP contribution in [-0.2, 0) is 9.59 Å². The number of amides is 3. The fourth-order valence-corrected chi connectivity index (χ4v) is 2.00. The maximum atomic E-state index is 11.8. The molecule has 0 saturated carbocycles. The molecule has 0 bridgehead atoms. The molecule has 3 amide bonds. The molecular weight excluding hydrogens is 238 g/mol. The van der Waals surface area contributed by atoms with Crippen LogP contribution >= 0.6 is 0 Å². The highest BCUT2D eigenvalue weighted by Crippen LogP contribution is 2.17. The number of carboxylic acid groups (broad SMARTS) is 1. The van der Waals surface area contributed by atoms with Crippen molar-refractivity contribution in [2.75, 3.05) is 13.1 Å². The van der Waals surface area contributed by atoms with E-state index in [1.807, 2.05) is 0 Å². The zero-order valence-corrected chi connectivity index (χ0v) is 10.2. The van der Waals surface area contributed by atoms with Gasteiger partial charge >= 0.3 is 12.0 Å². The molecule has 1 aliphatic heterocycles. The van der Waals surface area contributed by atoms with Crippen LogP contribution in [0.3, 0.4) is 0 Å². The molecule has 1 atom stereocenters. The number of aliphatic carboxylic acids is 1. The van der Waals surface area contributed by atoms with Gasteiger partial charge in [-0.2, -0.15) is 0 Å². The van der Waals surface area contributed by atoms with Gasteiger partial charge in [0, 0.05) is 19.5 Å². The third-order valence-electron chi connectivity index (χ3n) is 2.95. The van der Waals surface area contributed by atoms with Crippen LogP contribution in [0.2, 0.25) is 0 Å². The highest BCUT2D eigenvalue weighted by atomic mass is 16.4. The van der Waals surface area contributed by atoms with E-state index in [2.05, 4.69) is 5.32 Å². The molecule has 0 spiro atoms. The number of carboxylic acids is 1. The van der Waals surface area contributed by atoms with Crippen LogP contribution in [0.25, 0.3) is 0 Å². The van der Waals surface area contributed by atoms with Crippen LogP contribution in [0, 0.1) is 0 Å². The molecule has 0 aromatic rings. The first kappa shape index (κ1) is 14.3. The minimum Gasteiger partial charge on any atom is -0.480 e. The Kier molecular flexibility index (Phi) is 5.41. The van der Waals surface area contributed by atoms with Crippen LogP contribution in [0.5, 0.6) is 0 Å². The number of likely N-dealkylation sites (tertiary alicyclic amines) is 1. The number of hydrogen-bond donors (Lipinski definition) is 3. The van der Waals surface area contributed by atoms with Crippen LogP contribution in [0.4, 0.5) is 4.79 Å². The Morgan fingerprint density at radius 3 is 2.61 bits per heavy atom. The van der Waals surface area contributed by atoms with Gasteiger partial charge in [-0.3, -0.25) is 4.79 Å². The van der Waals surface area contributed by atoms with E-state index in [-0.39, 0.29) is 13.0 Å². The Morgan fingerprint density at radius 1 is 1.28 bits per heavy atom. The molecule has 4 N–H and O–H groups in total. The summed E-state index contributed by atoms with van der Waals surface area (Å²) in [6.45, 7) is 0.566. The predicted molar refractivity (Wildman–Crippen MR) is 63.8 cm³/mol. The van der Waals surface area contributed by atoms with Gasteiger partial charge in [0.15, 0.2) is 0 Å². The zero-order chi connectivity index (χ0) is 13.5. The standard InChI is InChI=1S/C11H19N3O4/c12-9(15)5-6-13-11(18)14-7-3-1-2-4-8(14)10(16)17/h8H,1-7H2,(H2,12,15)(H,13,18)(H,16,17). The van der Waals surface area contributed by atoms with Gasteiger partial charge in [-0.1, -0.05) is 12.8 Å². The number of carbonyl (C=O) groups excluding carboxylic acids is 2. The van der Waals surface area contributed by atoms with Gasteiger partial charge in [0.25, 0.3) is 0 Å². The van der Waals surface area contributed by atoms with Gasteiger partial charge < -0.3 is 21.1 Å². The van der Waals surface area contributed by atoms with Crippen molar-refractivity contribution in [2.24, 2.45) is 5.73 Å². The molecule has 1 aliphatic rings. The van der Waals surface area contributed by atoms with Crippen molar-refractivity contribution in [1.29, 1.82) is 0 Å². The molecule has 0 radical (unpaired) electrons. The van der Waals surface area contributed by atoms with Crippen LogP contribution in [0.1, 0.15) is 32.1 Å². The topological polar surface area (TPSA) is 113 Å². The van der Waals surface area contributed by atoms with Crippen LogP contribution in [-0.4, -0.2) is 47.0 Å². The Labute approximate surface area is 105 Å². The monoisotopic (exact) mass is 257 g/mol. The van der Waals surface area contributed by atoms with Gasteiger partial charge in [-0.05, 0) is 12.8 Å². The van der Waals surface area contributed by atoms with Gasteiger partial charge in [0.05, 0.1) is 0 Å². The van der Waals surface area contributed by atoms with Crippen molar-refractivity contribution < 1.29 is 19.5 Å². The van der Waals surface area contributed by atoms with Gasteiger partial charge in [0.2, 0.25) is 5.91 Å². The van der Waals surface area contributed by atoms with E-state index in [0.29, 0.717) is 13.0 Å². The lowest BCUT2D eigenvalue weighted by Gasteiger charge is -2.26. The molecular formula is C11H19N3O4. The Morgan fingerprint density at radius 2 is 2.00 bits per heavy atom. The van der Waals surface area contributed by atoms with E-state index in [4.69, 9.17) is 10.8 Å². The fraction of sp³-hybridized carbons (Fsp3) is 0.727. The number of rotatable bonds is 4. The van der Waals surface area contributed by atoms with E-state index < -0.39 is 23.9 Å². The number of nitrogens with two attached hydrogens (primary N) is 1. The zero-order valence-electron chi connectivity index (χ0n) is 10.2. The minimum absolute atomic E-state index is 0.0529. The number of hydrogen-bond acceptors (Lipinski definition) is 3. The van der Waals surface area contributed by atoms with Crippen molar-refractivity contribution >= 4 is 17.9 Å². The summed E-state index contributed by atoms with van der Waals surface area (Å²) in [7, 11) is 0. The molecule has 18 heavy (non-hydrogen) atoms. The van der Waals surface area contributed by atoms with E-state index in [1.165, 1.54) is 4.90 Å². The molecule has 1 fully saturated rings. The summed E-state index contributed by atoms with van der Waals surface area (Å²) < 4.78 is 0. The summed E-state index contributed by atoms with van der Waals surface area (Å²) in [5, 5.41) is 11.6. The maximum absolute atomic E-state index is 11.8. The molecule has 0 aliphatic carbocycles. The first-order chi connectivity index (χ1) is 8.52. The Hall–Kier alpha value is -1.79. The van der Waals surface area contributed by atoms with E-state index in [1.54, 1.807) is 0 Å². The smallest absolute Gasteiger partial charge is 0.326 e. The number of nitrogens with zero attached hydrogens (tertiary/aromatic N) is 1. The molecule has 1 rings (SSSR count). The SMILES string of the molecule is NC(=O)CCNC(=O)N1CCCCCC1C(=O)O. The fourth-order valence-electron chi connectivity index (χ4n) is 2.00. The highest BCUT2D eigenvalue weighted by molar-refractivity contribution is 5.83. The Bertz CT molecular complexity index is 332. The van der Waals surface area contributed by atoms with Crippen molar-refractivity contribution in [1.82, 2.24) is 10.2 Å². The molecule has 0 aromatic heterocycles. The molecule has 102 valence electrons. The third kappa shape index (κ3) is 4.23. The quantitative estimate of drug-likeness (QED) is 0.652. The summed E-state index contributed by atoms with van der Waals surface area (Å²) in [5.41, 5.74) is 4.96. The summed E-state index contributed by atoms with van der Waals surface area (Å²) in [4.78, 5) is 34.8. The lowest BCUT2D eigenvalue weighted by atomic mass is 10.1. The number of carbonyl (C=O) groups is 3. The largest absolute Gasteiger partial charge is 0.480 e. The molecule has 7 heteroatoms. The molecule has 7 nitrogen and oxygen atoms in total. The summed E-state index contributed by atoms with van der Waals surface area (Å²) in [5.74, 6) is -1.48. The van der Waals surface area contributed by atoms with E-state index in [0.717, 1.165) is 19.3 Å². The minimum atomic E-state index is -0.984. The predicted octanol–water partition coefficient (Wildman–Crippen LogP) is -0.0994. The second-order valence-corrected chi connectivity index (χ2v) is 4.35. The van der Waals surface area contributed by atoms with E-state index >= 15 is 0 Å². The molecule has 1 unspecified atom stereocenters. The first-order valence-corrected chi connectivity index (χ1v) is 6.08. The van der Waals surface area contributed by atoms with Crippen molar-refractivity contribution in [3.05, 3.63) is 0 Å². The van der Waals surface area contributed by atoms with Gasteiger partial charge in [-0.15, -0.1) is 0 Å². The number of primary amides is 1. The maximum Gasteiger partial charge on any atom is 0.326 e. The lowest BCUT2D eigenvalue weighted by Crippen LogP contribution is -2.49. The Balaban J connectivity index is 2.55. The molecule has 1 saturated heterocycles. The summed E-state index contributed by atoms with van der Waals surface area (Å²) in [6, 6.07) is -1.22. The second kappa shape index (κ2) is 6.83. The molecule has 1 heterocycles. The lowest BCUT2D eigenvalue weighted by molar-refractivity contribution is -0.142.